The highest BCUT2D eigenvalue weighted by atomic mass is 32.2. The second-order valence-electron chi connectivity index (χ2n) is 2.11. The van der Waals surface area contributed by atoms with Gasteiger partial charge in [0.1, 0.15) is 0 Å². The lowest BCUT2D eigenvalue weighted by molar-refractivity contribution is 0.0942. The average Bonchev–Trinajstić information content (AvgIpc) is 2.34. The molecule has 0 spiro atoms. The quantitative estimate of drug-likeness (QED) is 0.557. The van der Waals surface area contributed by atoms with E-state index in [1.807, 2.05) is 17.8 Å². The molecule has 1 aliphatic heterocycles. The summed E-state index contributed by atoms with van der Waals surface area (Å²) in [4.78, 5) is 0. The van der Waals surface area contributed by atoms with Crippen LogP contribution in [0.1, 0.15) is 6.42 Å². The molecule has 1 rings (SSSR count). The van der Waals surface area contributed by atoms with Gasteiger partial charge in [0.2, 0.25) is 0 Å². The molecular weight excluding hydrogens is 132 g/mol. The Morgan fingerprint density at radius 2 is 2.67 bits per heavy atom. The SMILES string of the molecule is C=CCOC1CCSC1. The highest BCUT2D eigenvalue weighted by Gasteiger charge is 2.14. The van der Waals surface area contributed by atoms with Gasteiger partial charge < -0.3 is 4.74 Å². The number of hydrogen-bond acceptors (Lipinski definition) is 2. The van der Waals surface area contributed by atoms with E-state index in [0.29, 0.717) is 12.7 Å². The Hall–Kier alpha value is 0.0500. The van der Waals surface area contributed by atoms with Gasteiger partial charge in [-0.25, -0.2) is 0 Å². The number of thioether (sulfide) groups is 1. The number of ether oxygens (including phenoxy) is 1. The van der Waals surface area contributed by atoms with E-state index in [4.69, 9.17) is 4.74 Å². The van der Waals surface area contributed by atoms with Crippen molar-refractivity contribution in [2.45, 2.75) is 12.5 Å². The lowest BCUT2D eigenvalue weighted by Crippen LogP contribution is -2.10. The second-order valence-corrected chi connectivity index (χ2v) is 3.26. The molecule has 0 bridgehead atoms. The molecule has 9 heavy (non-hydrogen) atoms. The first-order chi connectivity index (χ1) is 4.43. The zero-order valence-electron chi connectivity index (χ0n) is 5.51. The first-order valence-electron chi connectivity index (χ1n) is 3.23. The Morgan fingerprint density at radius 1 is 1.78 bits per heavy atom. The van der Waals surface area contributed by atoms with Crippen molar-refractivity contribution in [1.82, 2.24) is 0 Å². The van der Waals surface area contributed by atoms with Crippen LogP contribution in [0.25, 0.3) is 0 Å². The van der Waals surface area contributed by atoms with Gasteiger partial charge in [0.25, 0.3) is 0 Å². The van der Waals surface area contributed by atoms with E-state index in [1.54, 1.807) is 0 Å². The molecule has 0 radical (unpaired) electrons. The maximum Gasteiger partial charge on any atom is 0.0677 e. The summed E-state index contributed by atoms with van der Waals surface area (Å²) in [6, 6.07) is 0. The smallest absolute Gasteiger partial charge is 0.0677 e. The predicted octanol–water partition coefficient (Wildman–Crippen LogP) is 1.69. The summed E-state index contributed by atoms with van der Waals surface area (Å²) >= 11 is 1.97. The first-order valence-corrected chi connectivity index (χ1v) is 4.39. The number of rotatable bonds is 3. The number of hydrogen-bond donors (Lipinski definition) is 0. The Bertz CT molecular complexity index is 86.9. The van der Waals surface area contributed by atoms with Crippen molar-refractivity contribution in [3.05, 3.63) is 12.7 Å². The molecule has 1 unspecified atom stereocenters. The van der Waals surface area contributed by atoms with Gasteiger partial charge in [0, 0.05) is 5.75 Å². The summed E-state index contributed by atoms with van der Waals surface area (Å²) in [5, 5.41) is 0. The molecule has 2 heteroatoms. The van der Waals surface area contributed by atoms with Crippen molar-refractivity contribution in [3.63, 3.8) is 0 Å². The van der Waals surface area contributed by atoms with Crippen LogP contribution in [-0.2, 0) is 4.74 Å². The van der Waals surface area contributed by atoms with Crippen molar-refractivity contribution in [1.29, 1.82) is 0 Å². The van der Waals surface area contributed by atoms with E-state index < -0.39 is 0 Å². The first kappa shape index (κ1) is 7.16. The van der Waals surface area contributed by atoms with Crippen LogP contribution in [0.15, 0.2) is 12.7 Å². The minimum Gasteiger partial charge on any atom is -0.373 e. The van der Waals surface area contributed by atoms with Crippen LogP contribution < -0.4 is 0 Å². The fourth-order valence-corrected chi connectivity index (χ4v) is 1.97. The lowest BCUT2D eigenvalue weighted by Gasteiger charge is -2.06. The molecule has 52 valence electrons. The van der Waals surface area contributed by atoms with Crippen LogP contribution in [-0.4, -0.2) is 24.2 Å². The molecular formula is C7H12OS. The highest BCUT2D eigenvalue weighted by molar-refractivity contribution is 7.99. The third kappa shape index (κ3) is 2.41. The van der Waals surface area contributed by atoms with Crippen LogP contribution in [0.3, 0.4) is 0 Å². The van der Waals surface area contributed by atoms with Gasteiger partial charge in [0.05, 0.1) is 12.7 Å². The second kappa shape index (κ2) is 3.96. The van der Waals surface area contributed by atoms with Crippen molar-refractivity contribution in [2.24, 2.45) is 0 Å². The van der Waals surface area contributed by atoms with E-state index in [9.17, 15) is 0 Å². The molecule has 1 atom stereocenters. The molecule has 0 aliphatic carbocycles. The predicted molar refractivity (Wildman–Crippen MR) is 41.9 cm³/mol. The van der Waals surface area contributed by atoms with Gasteiger partial charge in [-0.15, -0.1) is 6.58 Å². The average molecular weight is 144 g/mol. The normalized spacial score (nSPS) is 26.4. The Labute approximate surface area is 60.5 Å². The summed E-state index contributed by atoms with van der Waals surface area (Å²) in [5.74, 6) is 2.44. The Balaban J connectivity index is 2.04. The molecule has 0 aromatic heterocycles. The molecule has 0 saturated carbocycles. The van der Waals surface area contributed by atoms with Crippen LogP contribution in [0.2, 0.25) is 0 Å². The van der Waals surface area contributed by atoms with Gasteiger partial charge in [0.15, 0.2) is 0 Å². The molecule has 1 nitrogen and oxygen atoms in total. The molecule has 0 aromatic rings. The topological polar surface area (TPSA) is 9.23 Å². The summed E-state index contributed by atoms with van der Waals surface area (Å²) < 4.78 is 5.41. The zero-order valence-corrected chi connectivity index (χ0v) is 6.32. The van der Waals surface area contributed by atoms with Gasteiger partial charge >= 0.3 is 0 Å². The maximum atomic E-state index is 5.41. The Kier molecular flexibility index (Phi) is 3.15. The van der Waals surface area contributed by atoms with Crippen LogP contribution in [0.5, 0.6) is 0 Å². The molecule has 1 saturated heterocycles. The molecule has 0 amide bonds. The van der Waals surface area contributed by atoms with Crippen molar-refractivity contribution in [2.75, 3.05) is 18.1 Å². The molecule has 1 fully saturated rings. The van der Waals surface area contributed by atoms with E-state index in [1.165, 1.54) is 17.9 Å². The Morgan fingerprint density at radius 3 is 3.22 bits per heavy atom. The summed E-state index contributed by atoms with van der Waals surface area (Å²) in [6.45, 7) is 4.30. The van der Waals surface area contributed by atoms with E-state index in [-0.39, 0.29) is 0 Å². The molecule has 0 aromatic carbocycles. The van der Waals surface area contributed by atoms with Crippen LogP contribution in [0.4, 0.5) is 0 Å². The fourth-order valence-electron chi connectivity index (χ4n) is 0.848. The van der Waals surface area contributed by atoms with Gasteiger partial charge in [-0.05, 0) is 12.2 Å². The van der Waals surface area contributed by atoms with E-state index in [0.717, 1.165) is 0 Å². The summed E-state index contributed by atoms with van der Waals surface area (Å²) in [5.41, 5.74) is 0. The standard InChI is InChI=1S/C7H12OS/c1-2-4-8-7-3-5-9-6-7/h2,7H,1,3-6H2. The van der Waals surface area contributed by atoms with Gasteiger partial charge in [-0.2, -0.15) is 11.8 Å². The molecule has 1 aliphatic rings. The fraction of sp³-hybridized carbons (Fsp3) is 0.714. The van der Waals surface area contributed by atoms with Crippen molar-refractivity contribution < 1.29 is 4.74 Å². The van der Waals surface area contributed by atoms with Gasteiger partial charge in [-0.3, -0.25) is 0 Å². The summed E-state index contributed by atoms with van der Waals surface area (Å²) in [6.07, 6.45) is 3.54. The van der Waals surface area contributed by atoms with E-state index in [2.05, 4.69) is 6.58 Å². The third-order valence-corrected chi connectivity index (χ3v) is 2.47. The molecule has 0 N–H and O–H groups in total. The zero-order chi connectivity index (χ0) is 6.53. The minimum absolute atomic E-state index is 0.507. The maximum absolute atomic E-state index is 5.41. The largest absolute Gasteiger partial charge is 0.373 e. The lowest BCUT2D eigenvalue weighted by atomic mass is 10.3. The van der Waals surface area contributed by atoms with Crippen LogP contribution in [0, 0.1) is 0 Å². The van der Waals surface area contributed by atoms with E-state index >= 15 is 0 Å². The van der Waals surface area contributed by atoms with Crippen LogP contribution >= 0.6 is 11.8 Å². The van der Waals surface area contributed by atoms with Crippen molar-refractivity contribution >= 4 is 11.8 Å². The highest BCUT2D eigenvalue weighted by Crippen LogP contribution is 2.19. The van der Waals surface area contributed by atoms with Gasteiger partial charge in [-0.1, -0.05) is 6.08 Å². The van der Waals surface area contributed by atoms with Crippen molar-refractivity contribution in [3.8, 4) is 0 Å². The monoisotopic (exact) mass is 144 g/mol. The third-order valence-electron chi connectivity index (χ3n) is 1.34. The molecule has 1 heterocycles. The summed E-state index contributed by atoms with van der Waals surface area (Å²) in [7, 11) is 0. The minimum atomic E-state index is 0.507.